The van der Waals surface area contributed by atoms with Crippen molar-refractivity contribution in [3.63, 3.8) is 0 Å². The van der Waals surface area contributed by atoms with Crippen LogP contribution in [0.1, 0.15) is 13.3 Å². The molecule has 0 unspecified atom stereocenters. The Morgan fingerprint density at radius 2 is 2.22 bits per heavy atom. The van der Waals surface area contributed by atoms with E-state index < -0.39 is 16.0 Å². The quantitative estimate of drug-likeness (QED) is 0.732. The summed E-state index contributed by atoms with van der Waals surface area (Å²) >= 11 is 4.31. The molecule has 0 aliphatic heterocycles. The Morgan fingerprint density at radius 1 is 1.56 bits per heavy atom. The third-order valence-electron chi connectivity index (χ3n) is 2.16. The molecule has 0 saturated carbocycles. The van der Waals surface area contributed by atoms with Crippen LogP contribution < -0.4 is 0 Å². The molecule has 1 aromatic rings. The molecule has 0 spiro atoms. The number of thiophene rings is 1. The maximum absolute atomic E-state index is 12.4. The van der Waals surface area contributed by atoms with E-state index in [1.165, 1.54) is 7.11 Å². The Labute approximate surface area is 119 Å². The highest BCUT2D eigenvalue weighted by atomic mass is 79.9. The molecule has 18 heavy (non-hydrogen) atoms. The van der Waals surface area contributed by atoms with Crippen molar-refractivity contribution in [2.24, 2.45) is 0 Å². The zero-order chi connectivity index (χ0) is 13.8. The van der Waals surface area contributed by atoms with Crippen LogP contribution in [0.5, 0.6) is 0 Å². The van der Waals surface area contributed by atoms with Crippen LogP contribution in [0.3, 0.4) is 0 Å². The zero-order valence-corrected chi connectivity index (χ0v) is 13.3. The number of halogens is 1. The van der Waals surface area contributed by atoms with Gasteiger partial charge in [-0.15, -0.1) is 11.3 Å². The SMILES string of the molecule is CCCN(CC(=O)OC)S(=O)(=O)c1sccc1Br. The molecule has 0 N–H and O–H groups in total. The van der Waals surface area contributed by atoms with Crippen molar-refractivity contribution in [1.82, 2.24) is 4.31 Å². The number of sulfonamides is 1. The highest BCUT2D eigenvalue weighted by Crippen LogP contribution is 2.30. The van der Waals surface area contributed by atoms with Crippen molar-refractivity contribution < 1.29 is 17.9 Å². The van der Waals surface area contributed by atoms with Crippen molar-refractivity contribution in [3.05, 3.63) is 15.9 Å². The summed E-state index contributed by atoms with van der Waals surface area (Å²) in [5.41, 5.74) is 0. The van der Waals surface area contributed by atoms with Crippen molar-refractivity contribution in [2.45, 2.75) is 17.6 Å². The first kappa shape index (κ1) is 15.6. The molecule has 0 aliphatic carbocycles. The lowest BCUT2D eigenvalue weighted by Gasteiger charge is -2.19. The van der Waals surface area contributed by atoms with Crippen LogP contribution in [0.2, 0.25) is 0 Å². The van der Waals surface area contributed by atoms with Crippen molar-refractivity contribution >= 4 is 43.3 Å². The number of nitrogens with zero attached hydrogens (tertiary/aromatic N) is 1. The first-order chi connectivity index (χ1) is 8.43. The van der Waals surface area contributed by atoms with Gasteiger partial charge in [0.15, 0.2) is 0 Å². The minimum absolute atomic E-state index is 0.208. The van der Waals surface area contributed by atoms with Crippen LogP contribution in [0.4, 0.5) is 0 Å². The van der Waals surface area contributed by atoms with Gasteiger partial charge in [0.1, 0.15) is 10.8 Å². The highest BCUT2D eigenvalue weighted by molar-refractivity contribution is 9.10. The molecule has 0 aliphatic rings. The predicted molar refractivity (Wildman–Crippen MR) is 73.1 cm³/mol. The maximum Gasteiger partial charge on any atom is 0.321 e. The van der Waals surface area contributed by atoms with E-state index in [0.717, 1.165) is 15.6 Å². The molecule has 1 rings (SSSR count). The Bertz CT molecular complexity index is 512. The molecule has 0 bridgehead atoms. The Kier molecular flexibility index (Phi) is 5.77. The lowest BCUT2D eigenvalue weighted by Crippen LogP contribution is -2.36. The van der Waals surface area contributed by atoms with Crippen LogP contribution in [0.15, 0.2) is 20.1 Å². The molecule has 0 radical (unpaired) electrons. The standard InChI is InChI=1S/C10H14BrNO4S2/c1-3-5-12(7-9(13)16-2)18(14,15)10-8(11)4-6-17-10/h4,6H,3,5,7H2,1-2H3. The number of hydrogen-bond acceptors (Lipinski definition) is 5. The minimum atomic E-state index is -3.65. The summed E-state index contributed by atoms with van der Waals surface area (Å²) in [6.45, 7) is 1.86. The van der Waals surface area contributed by atoms with E-state index in [1.54, 1.807) is 11.4 Å². The second-order valence-electron chi connectivity index (χ2n) is 3.47. The van der Waals surface area contributed by atoms with Gasteiger partial charge in [-0.25, -0.2) is 8.42 Å². The van der Waals surface area contributed by atoms with Gasteiger partial charge in [0, 0.05) is 11.0 Å². The average molecular weight is 356 g/mol. The van der Waals surface area contributed by atoms with E-state index in [0.29, 0.717) is 10.9 Å². The molecule has 8 heteroatoms. The average Bonchev–Trinajstić information content (AvgIpc) is 2.75. The van der Waals surface area contributed by atoms with E-state index in [9.17, 15) is 13.2 Å². The molecule has 0 atom stereocenters. The van der Waals surface area contributed by atoms with Crippen molar-refractivity contribution in [3.8, 4) is 0 Å². The number of carbonyl (C=O) groups is 1. The highest BCUT2D eigenvalue weighted by Gasteiger charge is 2.29. The van der Waals surface area contributed by atoms with E-state index >= 15 is 0 Å². The second-order valence-corrected chi connectivity index (χ2v) is 7.37. The lowest BCUT2D eigenvalue weighted by molar-refractivity contribution is -0.140. The lowest BCUT2D eigenvalue weighted by atomic mass is 10.5. The molecule has 0 amide bonds. The predicted octanol–water partition coefficient (Wildman–Crippen LogP) is 2.08. The number of carbonyl (C=O) groups excluding carboxylic acids is 1. The Hall–Kier alpha value is -0.440. The molecule has 102 valence electrons. The van der Waals surface area contributed by atoms with Crippen LogP contribution in [0.25, 0.3) is 0 Å². The zero-order valence-electron chi connectivity index (χ0n) is 10.1. The summed E-state index contributed by atoms with van der Waals surface area (Å²) in [6.07, 6.45) is 0.624. The normalized spacial score (nSPS) is 11.8. The fraction of sp³-hybridized carbons (Fsp3) is 0.500. The van der Waals surface area contributed by atoms with Crippen LogP contribution in [-0.4, -0.2) is 38.9 Å². The molecule has 0 saturated heterocycles. The third kappa shape index (κ3) is 3.53. The van der Waals surface area contributed by atoms with Crippen LogP contribution >= 0.6 is 27.3 Å². The Balaban J connectivity index is 3.05. The van der Waals surface area contributed by atoms with E-state index in [-0.39, 0.29) is 17.3 Å². The van der Waals surface area contributed by atoms with Gasteiger partial charge in [-0.3, -0.25) is 4.79 Å². The number of rotatable bonds is 6. The van der Waals surface area contributed by atoms with Gasteiger partial charge in [-0.1, -0.05) is 6.92 Å². The molecule has 1 heterocycles. The van der Waals surface area contributed by atoms with Gasteiger partial charge in [-0.05, 0) is 33.8 Å². The second kappa shape index (κ2) is 6.65. The fourth-order valence-electron chi connectivity index (χ4n) is 1.32. The van der Waals surface area contributed by atoms with Crippen LogP contribution in [0, 0.1) is 0 Å². The monoisotopic (exact) mass is 355 g/mol. The van der Waals surface area contributed by atoms with Gasteiger partial charge in [0.25, 0.3) is 10.0 Å². The summed E-state index contributed by atoms with van der Waals surface area (Å²) in [7, 11) is -2.42. The minimum Gasteiger partial charge on any atom is -0.468 e. The number of hydrogen-bond donors (Lipinski definition) is 0. The van der Waals surface area contributed by atoms with Gasteiger partial charge in [0.05, 0.1) is 7.11 Å². The van der Waals surface area contributed by atoms with Crippen molar-refractivity contribution in [2.75, 3.05) is 20.2 Å². The molecule has 0 aromatic carbocycles. The van der Waals surface area contributed by atoms with Crippen molar-refractivity contribution in [1.29, 1.82) is 0 Å². The maximum atomic E-state index is 12.4. The molecule has 5 nitrogen and oxygen atoms in total. The number of methoxy groups -OCH3 is 1. The summed E-state index contributed by atoms with van der Waals surface area (Å²) < 4.78 is 31.1. The molecular weight excluding hydrogens is 342 g/mol. The van der Waals surface area contributed by atoms with E-state index in [1.807, 2.05) is 6.92 Å². The summed E-state index contributed by atoms with van der Waals surface area (Å²) in [5.74, 6) is -0.570. The Morgan fingerprint density at radius 3 is 2.67 bits per heavy atom. The largest absolute Gasteiger partial charge is 0.468 e. The van der Waals surface area contributed by atoms with E-state index in [2.05, 4.69) is 20.7 Å². The smallest absolute Gasteiger partial charge is 0.321 e. The van der Waals surface area contributed by atoms with Gasteiger partial charge in [0.2, 0.25) is 0 Å². The first-order valence-electron chi connectivity index (χ1n) is 5.23. The summed E-state index contributed by atoms with van der Waals surface area (Å²) in [6, 6.07) is 1.67. The summed E-state index contributed by atoms with van der Waals surface area (Å²) in [4.78, 5) is 11.3. The topological polar surface area (TPSA) is 63.7 Å². The molecular formula is C10H14BrNO4S2. The number of esters is 1. The van der Waals surface area contributed by atoms with Gasteiger partial charge < -0.3 is 4.74 Å². The third-order valence-corrected chi connectivity index (χ3v) is 6.66. The molecule has 1 aromatic heterocycles. The fourth-order valence-corrected chi connectivity index (χ4v) is 5.25. The number of ether oxygens (including phenoxy) is 1. The molecule has 0 fully saturated rings. The van der Waals surface area contributed by atoms with E-state index in [4.69, 9.17) is 0 Å². The van der Waals surface area contributed by atoms with Crippen LogP contribution in [-0.2, 0) is 19.6 Å². The van der Waals surface area contributed by atoms with Gasteiger partial charge >= 0.3 is 5.97 Å². The van der Waals surface area contributed by atoms with Gasteiger partial charge in [-0.2, -0.15) is 4.31 Å². The first-order valence-corrected chi connectivity index (χ1v) is 8.34. The summed E-state index contributed by atoms with van der Waals surface area (Å²) in [5, 5.41) is 1.68.